The van der Waals surface area contributed by atoms with Gasteiger partial charge < -0.3 is 20.0 Å². The lowest BCUT2D eigenvalue weighted by Gasteiger charge is -2.37. The number of piperazine rings is 1. The number of hydrogen-bond acceptors (Lipinski definition) is 4. The molecule has 1 aromatic heterocycles. The Kier molecular flexibility index (Phi) is 3.45. The fourth-order valence-corrected chi connectivity index (χ4v) is 2.67. The van der Waals surface area contributed by atoms with Crippen LogP contribution in [0.5, 0.6) is 0 Å². The first-order valence-corrected chi connectivity index (χ1v) is 6.90. The molecule has 1 saturated heterocycles. The molecule has 0 spiro atoms. The highest BCUT2D eigenvalue weighted by molar-refractivity contribution is 5.97. The highest BCUT2D eigenvalue weighted by Crippen LogP contribution is 2.15. The summed E-state index contributed by atoms with van der Waals surface area (Å²) in [5, 5.41) is 9.20. The van der Waals surface area contributed by atoms with E-state index in [0.29, 0.717) is 29.7 Å². The van der Waals surface area contributed by atoms with Gasteiger partial charge in [0.2, 0.25) is 0 Å². The summed E-state index contributed by atoms with van der Waals surface area (Å²) < 4.78 is 0. The molecule has 116 valence electrons. The van der Waals surface area contributed by atoms with Crippen LogP contribution in [-0.4, -0.2) is 69.5 Å². The molecule has 0 saturated carbocycles. The van der Waals surface area contributed by atoms with Crippen LogP contribution in [0.25, 0.3) is 11.0 Å². The summed E-state index contributed by atoms with van der Waals surface area (Å²) in [5.74, 6) is -1.17. The lowest BCUT2D eigenvalue weighted by Crippen LogP contribution is -2.56. The number of imidazole rings is 1. The molecule has 0 radical (unpaired) electrons. The topological polar surface area (TPSA) is 110 Å². The van der Waals surface area contributed by atoms with Gasteiger partial charge in [-0.1, -0.05) is 0 Å². The fraction of sp³-hybridized carbons (Fsp3) is 0.357. The van der Waals surface area contributed by atoms with Crippen molar-refractivity contribution in [2.75, 3.05) is 26.7 Å². The third-order valence-corrected chi connectivity index (χ3v) is 3.98. The van der Waals surface area contributed by atoms with Crippen molar-refractivity contribution in [1.82, 2.24) is 19.8 Å². The molecule has 1 aliphatic rings. The largest absolute Gasteiger partial charge is 0.480 e. The molecule has 22 heavy (non-hydrogen) atoms. The molecule has 3 rings (SSSR count). The average Bonchev–Trinajstić information content (AvgIpc) is 2.85. The summed E-state index contributed by atoms with van der Waals surface area (Å²) in [6.07, 6.45) is 0. The van der Waals surface area contributed by atoms with Crippen LogP contribution in [0.15, 0.2) is 23.0 Å². The number of likely N-dealkylation sites (N-methyl/N-ethyl adjacent to an activating group) is 1. The number of aliphatic carboxylic acids is 1. The minimum atomic E-state index is -0.939. The standard InChI is InChI=1S/C14H16N4O4/c1-17-4-5-18(7-11(17)13(20)21)12(19)8-2-3-9-10(6-8)16-14(22)15-9/h2-3,6,11H,4-5,7H2,1H3,(H,20,21)(H2,15,16,22)/t11-/m1/s1. The Balaban J connectivity index is 1.85. The van der Waals surface area contributed by atoms with Gasteiger partial charge in [0.05, 0.1) is 11.0 Å². The normalized spacial score (nSPS) is 19.5. The molecule has 1 atom stereocenters. The van der Waals surface area contributed by atoms with Gasteiger partial charge in [-0.05, 0) is 25.2 Å². The Labute approximate surface area is 125 Å². The molecule has 0 bridgehead atoms. The lowest BCUT2D eigenvalue weighted by molar-refractivity contribution is -0.144. The summed E-state index contributed by atoms with van der Waals surface area (Å²) in [6.45, 7) is 1.12. The molecule has 2 aromatic rings. The Bertz CT molecular complexity index is 793. The number of nitrogens with one attached hydrogen (secondary N) is 2. The maximum absolute atomic E-state index is 12.5. The smallest absolute Gasteiger partial charge is 0.323 e. The van der Waals surface area contributed by atoms with Gasteiger partial charge in [-0.25, -0.2) is 4.79 Å². The van der Waals surface area contributed by atoms with Crippen LogP contribution in [0, 0.1) is 0 Å². The zero-order valence-corrected chi connectivity index (χ0v) is 12.0. The molecule has 1 fully saturated rings. The zero-order chi connectivity index (χ0) is 15.9. The number of fused-ring (bicyclic) bond motifs is 1. The van der Waals surface area contributed by atoms with Crippen LogP contribution in [0.1, 0.15) is 10.4 Å². The molecular weight excluding hydrogens is 288 g/mol. The van der Waals surface area contributed by atoms with Gasteiger partial charge in [-0.2, -0.15) is 0 Å². The number of carboxylic acid groups (broad SMARTS) is 1. The first-order chi connectivity index (χ1) is 10.5. The van der Waals surface area contributed by atoms with E-state index in [1.165, 1.54) is 4.90 Å². The zero-order valence-electron chi connectivity index (χ0n) is 12.0. The summed E-state index contributed by atoms with van der Waals surface area (Å²) in [6, 6.07) is 4.19. The van der Waals surface area contributed by atoms with Gasteiger partial charge in [0.25, 0.3) is 5.91 Å². The molecule has 2 heterocycles. The Morgan fingerprint density at radius 2 is 1.95 bits per heavy atom. The van der Waals surface area contributed by atoms with Gasteiger partial charge in [0, 0.05) is 25.2 Å². The van der Waals surface area contributed by atoms with Crippen molar-refractivity contribution in [1.29, 1.82) is 0 Å². The Morgan fingerprint density at radius 1 is 1.23 bits per heavy atom. The summed E-state index contributed by atoms with van der Waals surface area (Å²) in [5.41, 5.74) is 1.28. The molecule has 1 aromatic carbocycles. The van der Waals surface area contributed by atoms with Crippen molar-refractivity contribution in [2.24, 2.45) is 0 Å². The molecule has 1 aliphatic heterocycles. The van der Waals surface area contributed by atoms with E-state index in [-0.39, 0.29) is 18.1 Å². The van der Waals surface area contributed by atoms with E-state index >= 15 is 0 Å². The van der Waals surface area contributed by atoms with Crippen molar-refractivity contribution in [3.63, 3.8) is 0 Å². The highest BCUT2D eigenvalue weighted by Gasteiger charge is 2.32. The number of amides is 1. The third-order valence-electron chi connectivity index (χ3n) is 3.98. The molecule has 8 nitrogen and oxygen atoms in total. The van der Waals surface area contributed by atoms with Crippen molar-refractivity contribution in [2.45, 2.75) is 6.04 Å². The molecular formula is C14H16N4O4. The molecule has 8 heteroatoms. The molecule has 0 unspecified atom stereocenters. The van der Waals surface area contributed by atoms with Crippen LogP contribution in [0.2, 0.25) is 0 Å². The lowest BCUT2D eigenvalue weighted by atomic mass is 10.1. The van der Waals surface area contributed by atoms with Gasteiger partial charge >= 0.3 is 11.7 Å². The minimum Gasteiger partial charge on any atom is -0.480 e. The van der Waals surface area contributed by atoms with E-state index in [9.17, 15) is 19.5 Å². The van der Waals surface area contributed by atoms with E-state index in [1.807, 2.05) is 0 Å². The predicted molar refractivity (Wildman–Crippen MR) is 78.9 cm³/mol. The van der Waals surface area contributed by atoms with E-state index < -0.39 is 12.0 Å². The summed E-state index contributed by atoms with van der Waals surface area (Å²) >= 11 is 0. The number of carboxylic acids is 1. The highest BCUT2D eigenvalue weighted by atomic mass is 16.4. The maximum Gasteiger partial charge on any atom is 0.323 e. The minimum absolute atomic E-state index is 0.145. The van der Waals surface area contributed by atoms with Gasteiger partial charge in [-0.15, -0.1) is 0 Å². The number of aromatic amines is 2. The fourth-order valence-electron chi connectivity index (χ4n) is 2.67. The second kappa shape index (κ2) is 5.30. The number of nitrogens with zero attached hydrogens (tertiary/aromatic N) is 2. The first-order valence-electron chi connectivity index (χ1n) is 6.90. The second-order valence-corrected chi connectivity index (χ2v) is 5.43. The monoisotopic (exact) mass is 304 g/mol. The van der Waals surface area contributed by atoms with E-state index in [4.69, 9.17) is 0 Å². The number of H-pyrrole nitrogens is 2. The number of carbonyl (C=O) groups is 2. The second-order valence-electron chi connectivity index (χ2n) is 5.43. The van der Waals surface area contributed by atoms with Gasteiger partial charge in [0.1, 0.15) is 6.04 Å². The van der Waals surface area contributed by atoms with Crippen molar-refractivity contribution in [3.8, 4) is 0 Å². The van der Waals surface area contributed by atoms with Crippen molar-refractivity contribution >= 4 is 22.9 Å². The molecule has 3 N–H and O–H groups in total. The Morgan fingerprint density at radius 3 is 2.68 bits per heavy atom. The number of carbonyl (C=O) groups excluding carboxylic acids is 1. The van der Waals surface area contributed by atoms with E-state index in [1.54, 1.807) is 30.1 Å². The quantitative estimate of drug-likeness (QED) is 0.705. The summed E-state index contributed by atoms with van der Waals surface area (Å²) in [4.78, 5) is 43.5. The summed E-state index contributed by atoms with van der Waals surface area (Å²) in [7, 11) is 1.73. The van der Waals surface area contributed by atoms with Gasteiger partial charge in [-0.3, -0.25) is 14.5 Å². The van der Waals surface area contributed by atoms with E-state index in [2.05, 4.69) is 9.97 Å². The SMILES string of the molecule is CN1CCN(C(=O)c2ccc3[nH]c(=O)[nH]c3c2)C[C@@H]1C(=O)O. The van der Waals surface area contributed by atoms with Crippen molar-refractivity contribution in [3.05, 3.63) is 34.2 Å². The third kappa shape index (κ3) is 2.48. The van der Waals surface area contributed by atoms with Crippen LogP contribution < -0.4 is 5.69 Å². The Hall–Kier alpha value is -2.61. The average molecular weight is 304 g/mol. The van der Waals surface area contributed by atoms with Crippen LogP contribution >= 0.6 is 0 Å². The first kappa shape index (κ1) is 14.3. The number of rotatable bonds is 2. The van der Waals surface area contributed by atoms with Crippen LogP contribution in [-0.2, 0) is 4.79 Å². The van der Waals surface area contributed by atoms with Gasteiger partial charge in [0.15, 0.2) is 0 Å². The number of aromatic nitrogens is 2. The van der Waals surface area contributed by atoms with Crippen LogP contribution in [0.4, 0.5) is 0 Å². The molecule has 1 amide bonds. The van der Waals surface area contributed by atoms with Crippen LogP contribution in [0.3, 0.4) is 0 Å². The predicted octanol–water partition coefficient (Wildman–Crippen LogP) is -0.303. The number of benzene rings is 1. The van der Waals surface area contributed by atoms with Crippen molar-refractivity contribution < 1.29 is 14.7 Å². The maximum atomic E-state index is 12.5. The van der Waals surface area contributed by atoms with E-state index in [0.717, 1.165) is 0 Å². The molecule has 0 aliphatic carbocycles. The number of hydrogen-bond donors (Lipinski definition) is 3.